The zero-order valence-electron chi connectivity index (χ0n) is 7.27. The molecule has 1 rings (SSSR count). The number of rotatable bonds is 4. The molecule has 0 saturated heterocycles. The SMILES string of the molecule is [CH]=CCCC(=O)Oc1ccccc1. The molecule has 0 atom stereocenters. The van der Waals surface area contributed by atoms with Crippen LogP contribution in [0.1, 0.15) is 12.8 Å². The Bertz CT molecular complexity index is 277. The number of benzene rings is 1. The van der Waals surface area contributed by atoms with Crippen molar-refractivity contribution in [2.24, 2.45) is 0 Å². The van der Waals surface area contributed by atoms with Crippen LogP contribution >= 0.6 is 0 Å². The van der Waals surface area contributed by atoms with Crippen LogP contribution in [-0.2, 0) is 4.79 Å². The summed E-state index contributed by atoms with van der Waals surface area (Å²) in [5.74, 6) is 0.317. The summed E-state index contributed by atoms with van der Waals surface area (Å²) in [5, 5.41) is 0. The minimum atomic E-state index is -0.257. The molecular formula is C11H11O2. The van der Waals surface area contributed by atoms with E-state index >= 15 is 0 Å². The van der Waals surface area contributed by atoms with Gasteiger partial charge in [-0.05, 0) is 18.6 Å². The summed E-state index contributed by atoms with van der Waals surface area (Å²) < 4.78 is 5.00. The van der Waals surface area contributed by atoms with Gasteiger partial charge in [0.25, 0.3) is 0 Å². The monoisotopic (exact) mass is 175 g/mol. The van der Waals surface area contributed by atoms with Gasteiger partial charge in [-0.1, -0.05) is 30.9 Å². The maximum atomic E-state index is 11.1. The summed E-state index contributed by atoms with van der Waals surface area (Å²) in [7, 11) is 0. The largest absolute Gasteiger partial charge is 0.427 e. The number of hydrogen-bond donors (Lipinski definition) is 0. The zero-order chi connectivity index (χ0) is 9.52. The van der Waals surface area contributed by atoms with Crippen LogP contribution in [0.2, 0.25) is 0 Å². The standard InChI is InChI=1S/C11H11O2/c1-2-3-9-11(12)13-10-7-5-4-6-8-10/h1-2,4-8H,3,9H2. The van der Waals surface area contributed by atoms with Crippen molar-refractivity contribution in [3.05, 3.63) is 43.0 Å². The second kappa shape index (κ2) is 5.14. The van der Waals surface area contributed by atoms with Crippen molar-refractivity contribution in [3.8, 4) is 5.75 Å². The van der Waals surface area contributed by atoms with Crippen LogP contribution in [0.3, 0.4) is 0 Å². The number of ether oxygens (including phenoxy) is 1. The Labute approximate surface area is 77.8 Å². The third-order valence-electron chi connectivity index (χ3n) is 1.49. The topological polar surface area (TPSA) is 26.3 Å². The maximum absolute atomic E-state index is 11.1. The van der Waals surface area contributed by atoms with Crippen LogP contribution in [0.25, 0.3) is 0 Å². The van der Waals surface area contributed by atoms with E-state index in [9.17, 15) is 4.79 Å². The molecule has 13 heavy (non-hydrogen) atoms. The third kappa shape index (κ3) is 3.56. The number of hydrogen-bond acceptors (Lipinski definition) is 2. The normalized spacial score (nSPS) is 9.23. The molecule has 0 aromatic heterocycles. The van der Waals surface area contributed by atoms with Crippen molar-refractivity contribution in [1.29, 1.82) is 0 Å². The van der Waals surface area contributed by atoms with Crippen LogP contribution in [0.5, 0.6) is 5.75 Å². The predicted octanol–water partition coefficient (Wildman–Crippen LogP) is 2.36. The molecule has 0 amide bonds. The fourth-order valence-electron chi connectivity index (χ4n) is 0.872. The molecule has 0 bridgehead atoms. The lowest BCUT2D eigenvalue weighted by Gasteiger charge is -2.01. The molecule has 0 N–H and O–H groups in total. The predicted molar refractivity (Wildman–Crippen MR) is 50.2 cm³/mol. The van der Waals surface area contributed by atoms with Gasteiger partial charge in [-0.2, -0.15) is 0 Å². The van der Waals surface area contributed by atoms with Crippen molar-refractivity contribution in [2.75, 3.05) is 0 Å². The Balaban J connectivity index is 2.41. The molecule has 2 heteroatoms. The summed E-state index contributed by atoms with van der Waals surface area (Å²) in [6.45, 7) is 5.14. The molecule has 67 valence electrons. The molecule has 0 fully saturated rings. The smallest absolute Gasteiger partial charge is 0.311 e. The second-order valence-corrected chi connectivity index (χ2v) is 2.56. The van der Waals surface area contributed by atoms with E-state index in [1.807, 2.05) is 18.2 Å². The Morgan fingerprint density at radius 3 is 2.69 bits per heavy atom. The second-order valence-electron chi connectivity index (χ2n) is 2.56. The molecule has 1 aromatic rings. The molecule has 0 aliphatic carbocycles. The van der Waals surface area contributed by atoms with Gasteiger partial charge in [-0.25, -0.2) is 0 Å². The van der Waals surface area contributed by atoms with Gasteiger partial charge in [0.15, 0.2) is 0 Å². The third-order valence-corrected chi connectivity index (χ3v) is 1.49. The van der Waals surface area contributed by atoms with E-state index < -0.39 is 0 Å². The average molecular weight is 175 g/mol. The molecular weight excluding hydrogens is 164 g/mol. The average Bonchev–Trinajstić information content (AvgIpc) is 2.16. The zero-order valence-corrected chi connectivity index (χ0v) is 7.27. The molecule has 0 aliphatic heterocycles. The Hall–Kier alpha value is -1.57. The summed E-state index contributed by atoms with van der Waals surface area (Å²) >= 11 is 0. The van der Waals surface area contributed by atoms with Crippen molar-refractivity contribution in [2.45, 2.75) is 12.8 Å². The van der Waals surface area contributed by atoms with Crippen LogP contribution in [0.4, 0.5) is 0 Å². The van der Waals surface area contributed by atoms with E-state index in [4.69, 9.17) is 11.3 Å². The Morgan fingerprint density at radius 2 is 2.08 bits per heavy atom. The molecule has 1 aromatic carbocycles. The van der Waals surface area contributed by atoms with E-state index in [2.05, 4.69) is 0 Å². The highest BCUT2D eigenvalue weighted by Gasteiger charge is 2.01. The molecule has 2 nitrogen and oxygen atoms in total. The number of para-hydroxylation sites is 1. The molecule has 0 unspecified atom stereocenters. The number of allylic oxidation sites excluding steroid dienone is 1. The molecule has 0 spiro atoms. The first-order valence-corrected chi connectivity index (χ1v) is 4.12. The van der Waals surface area contributed by atoms with Crippen molar-refractivity contribution in [3.63, 3.8) is 0 Å². The summed E-state index contributed by atoms with van der Waals surface area (Å²) in [6.07, 6.45) is 2.32. The van der Waals surface area contributed by atoms with Gasteiger partial charge >= 0.3 is 5.97 Å². The Kier molecular flexibility index (Phi) is 3.76. The summed E-state index contributed by atoms with van der Waals surface area (Å²) in [6, 6.07) is 8.98. The lowest BCUT2D eigenvalue weighted by atomic mass is 10.3. The van der Waals surface area contributed by atoms with Crippen molar-refractivity contribution < 1.29 is 9.53 Å². The van der Waals surface area contributed by atoms with Gasteiger partial charge in [0.05, 0.1) is 0 Å². The minimum absolute atomic E-state index is 0.257. The van der Waals surface area contributed by atoms with Gasteiger partial charge in [-0.3, -0.25) is 4.79 Å². The summed E-state index contributed by atoms with van der Waals surface area (Å²) in [4.78, 5) is 11.1. The van der Waals surface area contributed by atoms with Gasteiger partial charge < -0.3 is 4.74 Å². The number of carbonyl (C=O) groups excluding carboxylic acids is 1. The molecule has 1 radical (unpaired) electrons. The lowest BCUT2D eigenvalue weighted by Crippen LogP contribution is -2.06. The van der Waals surface area contributed by atoms with Crippen LogP contribution in [0, 0.1) is 6.58 Å². The number of esters is 1. The van der Waals surface area contributed by atoms with Gasteiger partial charge in [0.1, 0.15) is 5.75 Å². The first kappa shape index (κ1) is 9.52. The van der Waals surface area contributed by atoms with E-state index in [1.165, 1.54) is 6.08 Å². The highest BCUT2D eigenvalue weighted by molar-refractivity contribution is 5.72. The van der Waals surface area contributed by atoms with Crippen molar-refractivity contribution >= 4 is 5.97 Å². The van der Waals surface area contributed by atoms with Crippen LogP contribution in [0.15, 0.2) is 36.4 Å². The van der Waals surface area contributed by atoms with Crippen LogP contribution < -0.4 is 4.74 Å². The number of carbonyl (C=O) groups is 1. The highest BCUT2D eigenvalue weighted by atomic mass is 16.5. The van der Waals surface area contributed by atoms with E-state index in [0.717, 1.165) is 0 Å². The van der Waals surface area contributed by atoms with Gasteiger partial charge in [0.2, 0.25) is 0 Å². The first-order chi connectivity index (χ1) is 6.33. The maximum Gasteiger partial charge on any atom is 0.311 e. The van der Waals surface area contributed by atoms with Gasteiger partial charge in [0, 0.05) is 6.42 Å². The van der Waals surface area contributed by atoms with E-state index in [-0.39, 0.29) is 5.97 Å². The van der Waals surface area contributed by atoms with E-state index in [1.54, 1.807) is 12.1 Å². The fourth-order valence-corrected chi connectivity index (χ4v) is 0.872. The van der Waals surface area contributed by atoms with E-state index in [0.29, 0.717) is 18.6 Å². The van der Waals surface area contributed by atoms with Gasteiger partial charge in [-0.15, -0.1) is 0 Å². The first-order valence-electron chi connectivity index (χ1n) is 4.12. The Morgan fingerprint density at radius 1 is 1.38 bits per heavy atom. The fraction of sp³-hybridized carbons (Fsp3) is 0.182. The molecule has 0 saturated carbocycles. The van der Waals surface area contributed by atoms with Crippen molar-refractivity contribution in [1.82, 2.24) is 0 Å². The summed E-state index contributed by atoms with van der Waals surface area (Å²) in [5.41, 5.74) is 0. The lowest BCUT2D eigenvalue weighted by molar-refractivity contribution is -0.134. The molecule has 0 heterocycles. The molecule has 0 aliphatic rings. The highest BCUT2D eigenvalue weighted by Crippen LogP contribution is 2.09. The quantitative estimate of drug-likeness (QED) is 0.518. The van der Waals surface area contributed by atoms with Crippen LogP contribution in [-0.4, -0.2) is 5.97 Å². The minimum Gasteiger partial charge on any atom is -0.427 e.